The fraction of sp³-hybridized carbons (Fsp3) is 0.364. The van der Waals surface area contributed by atoms with Crippen LogP contribution in [0.25, 0.3) is 16.6 Å². The summed E-state index contributed by atoms with van der Waals surface area (Å²) in [5.41, 5.74) is 5.43. The smallest absolute Gasteiger partial charge is 0.297 e. The van der Waals surface area contributed by atoms with Gasteiger partial charge in [-0.1, -0.05) is 43.2 Å². The maximum Gasteiger partial charge on any atom is 0.297 e. The van der Waals surface area contributed by atoms with Gasteiger partial charge >= 0.3 is 0 Å². The highest BCUT2D eigenvalue weighted by molar-refractivity contribution is 7.90. The Morgan fingerprint density at radius 1 is 1.07 bits per heavy atom. The van der Waals surface area contributed by atoms with E-state index >= 15 is 0 Å². The minimum atomic E-state index is -4.61. The second-order valence-corrected chi connectivity index (χ2v) is 19.1. The van der Waals surface area contributed by atoms with Gasteiger partial charge < -0.3 is 24.7 Å². The summed E-state index contributed by atoms with van der Waals surface area (Å²) in [7, 11) is -4.61. The normalized spacial score (nSPS) is 19.3. The summed E-state index contributed by atoms with van der Waals surface area (Å²) in [6.45, 7) is 8.88. The number of ether oxygens (including phenoxy) is 2. The van der Waals surface area contributed by atoms with Gasteiger partial charge in [0.25, 0.3) is 21.6 Å². The molecule has 16 heteroatoms. The van der Waals surface area contributed by atoms with Crippen LogP contribution in [-0.2, 0) is 10.0 Å². The van der Waals surface area contributed by atoms with Gasteiger partial charge in [0.2, 0.25) is 0 Å². The van der Waals surface area contributed by atoms with Gasteiger partial charge in [-0.05, 0) is 91.0 Å². The fourth-order valence-electron chi connectivity index (χ4n) is 8.51. The molecule has 60 heavy (non-hydrogen) atoms. The predicted octanol–water partition coefficient (Wildman–Crippen LogP) is 8.40. The van der Waals surface area contributed by atoms with Crippen molar-refractivity contribution in [2.24, 2.45) is 11.3 Å². The highest BCUT2D eigenvalue weighted by Gasteiger charge is 2.38. The summed E-state index contributed by atoms with van der Waals surface area (Å²) in [5, 5.41) is 16.8. The second kappa shape index (κ2) is 15.8. The number of H-pyrrole nitrogens is 1. The molecule has 1 saturated heterocycles. The highest BCUT2D eigenvalue weighted by Crippen LogP contribution is 2.45. The van der Waals surface area contributed by atoms with Gasteiger partial charge in [0.15, 0.2) is 11.4 Å². The van der Waals surface area contributed by atoms with Crippen LogP contribution in [0.3, 0.4) is 0 Å². The number of amides is 1. The molecule has 5 aromatic rings. The summed E-state index contributed by atoms with van der Waals surface area (Å²) in [6.07, 6.45) is 8.46. The molecule has 1 amide bonds. The van der Waals surface area contributed by atoms with Crippen LogP contribution in [0.1, 0.15) is 61.9 Å². The number of halogens is 1. The number of pyridine rings is 1. The van der Waals surface area contributed by atoms with Gasteiger partial charge in [-0.2, -0.15) is 0 Å². The van der Waals surface area contributed by atoms with Crippen LogP contribution in [0.5, 0.6) is 17.2 Å². The van der Waals surface area contributed by atoms with Crippen molar-refractivity contribution >= 4 is 61.2 Å². The van der Waals surface area contributed by atoms with E-state index in [9.17, 15) is 23.3 Å². The number of allylic oxidation sites excluding steroid dienone is 1. The van der Waals surface area contributed by atoms with E-state index in [4.69, 9.17) is 21.1 Å². The lowest BCUT2D eigenvalue weighted by molar-refractivity contribution is -0.384. The molecule has 2 aliphatic carbocycles. The number of hydrogen-bond donors (Lipinski definition) is 3. The lowest BCUT2D eigenvalue weighted by Gasteiger charge is -2.39. The zero-order chi connectivity index (χ0) is 41.8. The van der Waals surface area contributed by atoms with E-state index in [1.54, 1.807) is 24.4 Å². The van der Waals surface area contributed by atoms with Crippen molar-refractivity contribution < 1.29 is 27.6 Å². The van der Waals surface area contributed by atoms with Crippen molar-refractivity contribution in [3.8, 4) is 17.2 Å². The number of rotatable bonds is 11. The van der Waals surface area contributed by atoms with E-state index in [1.165, 1.54) is 35.0 Å². The number of nitro groups is 1. The van der Waals surface area contributed by atoms with Gasteiger partial charge in [-0.25, -0.2) is 18.1 Å². The number of hydrogen-bond acceptors (Lipinski definition) is 11. The molecule has 4 aliphatic rings. The summed E-state index contributed by atoms with van der Waals surface area (Å²) >= 11 is 6.24. The molecule has 312 valence electrons. The molecule has 2 aromatic heterocycles. The Kier molecular flexibility index (Phi) is 10.5. The van der Waals surface area contributed by atoms with Crippen molar-refractivity contribution in [3.63, 3.8) is 0 Å². The van der Waals surface area contributed by atoms with Crippen molar-refractivity contribution in [1.29, 1.82) is 0 Å². The summed E-state index contributed by atoms with van der Waals surface area (Å²) < 4.78 is 41.8. The number of piperazine rings is 1. The number of benzene rings is 3. The number of aromatic amines is 1. The largest absolute Gasteiger partial charge is 0.489 e. The van der Waals surface area contributed by atoms with E-state index in [-0.39, 0.29) is 40.8 Å². The Morgan fingerprint density at radius 2 is 1.85 bits per heavy atom. The molecule has 4 heterocycles. The van der Waals surface area contributed by atoms with E-state index in [2.05, 4.69) is 55.8 Å². The molecule has 3 N–H and O–H groups in total. The van der Waals surface area contributed by atoms with Gasteiger partial charge in [0.05, 0.1) is 27.6 Å². The van der Waals surface area contributed by atoms with Gasteiger partial charge in [0, 0.05) is 73.2 Å². The molecular weight excluding hydrogens is 806 g/mol. The number of fused-ring (bicyclic) bond motifs is 2. The summed E-state index contributed by atoms with van der Waals surface area (Å²) in [5.74, 6) is -0.111. The number of aromatic nitrogens is 2. The van der Waals surface area contributed by atoms with Crippen molar-refractivity contribution in [2.45, 2.75) is 56.9 Å². The molecule has 14 nitrogen and oxygen atoms in total. The molecule has 3 aromatic carbocycles. The third kappa shape index (κ3) is 8.38. The molecule has 2 fully saturated rings. The van der Waals surface area contributed by atoms with Crippen LogP contribution in [0.15, 0.2) is 89.6 Å². The minimum absolute atomic E-state index is 0.0384. The Balaban J connectivity index is 0.955. The van der Waals surface area contributed by atoms with Gasteiger partial charge in [-0.3, -0.25) is 19.8 Å². The lowest BCUT2D eigenvalue weighted by atomic mass is 9.72. The lowest BCUT2D eigenvalue weighted by Crippen LogP contribution is -2.47. The number of nitrogens with one attached hydrogen (secondary N) is 3. The number of sulfonamides is 1. The Morgan fingerprint density at radius 3 is 2.60 bits per heavy atom. The molecule has 0 radical (unpaired) electrons. The van der Waals surface area contributed by atoms with Gasteiger partial charge in [0.1, 0.15) is 23.8 Å². The van der Waals surface area contributed by atoms with Crippen LogP contribution in [0, 0.1) is 21.4 Å². The number of nitro benzene ring substituents is 1. The predicted molar refractivity (Wildman–Crippen MR) is 231 cm³/mol. The maximum absolute atomic E-state index is 14.0. The van der Waals surface area contributed by atoms with Crippen molar-refractivity contribution in [1.82, 2.24) is 19.6 Å². The van der Waals surface area contributed by atoms with Crippen LogP contribution in [-0.4, -0.2) is 79.5 Å². The molecule has 1 saturated carbocycles. The summed E-state index contributed by atoms with van der Waals surface area (Å²) in [6, 6.07) is 18.9. The van der Waals surface area contributed by atoms with E-state index in [0.29, 0.717) is 17.3 Å². The zero-order valence-electron chi connectivity index (χ0n) is 33.4. The van der Waals surface area contributed by atoms with Crippen molar-refractivity contribution in [3.05, 3.63) is 111 Å². The molecule has 1 atom stereocenters. The average Bonchev–Trinajstić information content (AvgIpc) is 3.98. The first kappa shape index (κ1) is 39.8. The average molecular weight is 852 g/mol. The monoisotopic (exact) mass is 851 g/mol. The topological polar surface area (TPSA) is 172 Å². The molecule has 0 spiro atoms. The van der Waals surface area contributed by atoms with Crippen LogP contribution >= 0.6 is 11.6 Å². The van der Waals surface area contributed by atoms with E-state index < -0.39 is 31.4 Å². The molecule has 2 aliphatic heterocycles. The third-order valence-electron chi connectivity index (χ3n) is 12.1. The Bertz CT molecular complexity index is 2630. The highest BCUT2D eigenvalue weighted by atomic mass is 35.5. The molecule has 0 unspecified atom stereocenters. The van der Waals surface area contributed by atoms with Crippen LogP contribution in [0.2, 0.25) is 5.02 Å². The van der Waals surface area contributed by atoms with E-state index in [1.807, 2.05) is 18.2 Å². The standard InChI is InChI=1S/C44H46ClN7O7S/c1-44(2)13-11-30(36(23-44)27-5-7-31(45)8-6-27)25-50-15-17-51(18-16-50)32-9-10-35(39(20-32)59-33-19-29-12-14-46-42(29)47-24-33)43(53)49-60(56,57)34-21-38(52(54)55)41-40(22-34)58-26-37(48-41)28-3-4-28/h5-10,12,14,19-22,24,28,37,48H,3-4,11,13,15-18,23,25-26H2,1-2H3,(H,46,47)(H,49,53)/t37-/m1/s1. The zero-order valence-corrected chi connectivity index (χ0v) is 34.9. The Hall–Kier alpha value is -5.64. The maximum atomic E-state index is 14.0. The summed E-state index contributed by atoms with van der Waals surface area (Å²) in [4.78, 5) is 37.1. The molecular formula is C44H46ClN7O7S. The quantitative estimate of drug-likeness (QED) is 0.0861. The SMILES string of the molecule is CC1(C)CCC(CN2CCN(c3ccc(C(=O)NS(=O)(=O)c4cc5c(c([N+](=O)[O-])c4)N[C@@H](C4CC4)CO5)c(Oc4cnc5[nH]ccc5c4)c3)CC2)=C(c2ccc(Cl)cc2)C1. The molecule has 0 bridgehead atoms. The van der Waals surface area contributed by atoms with Crippen molar-refractivity contribution in [2.75, 3.05) is 49.5 Å². The minimum Gasteiger partial charge on any atom is -0.489 e. The number of nitrogens with zero attached hydrogens (tertiary/aromatic N) is 4. The molecule has 9 rings (SSSR count). The first-order valence-electron chi connectivity index (χ1n) is 20.3. The first-order chi connectivity index (χ1) is 28.8. The van der Waals surface area contributed by atoms with Crippen LogP contribution < -0.4 is 24.4 Å². The number of carbonyl (C=O) groups is 1. The first-order valence-corrected chi connectivity index (χ1v) is 22.1. The third-order valence-corrected chi connectivity index (χ3v) is 13.6. The second-order valence-electron chi connectivity index (χ2n) is 17.0. The van der Waals surface area contributed by atoms with Gasteiger partial charge in [-0.15, -0.1) is 0 Å². The number of carbonyl (C=O) groups excluding carboxylic acids is 1. The Labute approximate surface area is 353 Å². The van der Waals surface area contributed by atoms with Crippen LogP contribution in [0.4, 0.5) is 17.1 Å². The fourth-order valence-corrected chi connectivity index (χ4v) is 9.64. The van der Waals surface area contributed by atoms with E-state index in [0.717, 1.165) is 87.0 Å². The number of anilines is 2.